The molecular weight excluding hydrogens is 162 g/mol. The predicted octanol–water partition coefficient (Wildman–Crippen LogP) is -1.01. The first-order chi connectivity index (χ1) is 5.74. The van der Waals surface area contributed by atoms with Crippen molar-refractivity contribution in [3.8, 4) is 0 Å². The molecule has 12 heavy (non-hydrogen) atoms. The van der Waals surface area contributed by atoms with Crippen molar-refractivity contribution < 1.29 is 4.84 Å². The lowest BCUT2D eigenvalue weighted by Crippen LogP contribution is -2.21. The van der Waals surface area contributed by atoms with E-state index in [4.69, 9.17) is 0 Å². The van der Waals surface area contributed by atoms with Gasteiger partial charge in [-0.15, -0.1) is 0 Å². The number of H-pyrrole nitrogens is 1. The highest BCUT2D eigenvalue weighted by Crippen LogP contribution is 1.80. The molecule has 1 aromatic heterocycles. The first-order valence-corrected chi connectivity index (χ1v) is 3.29. The summed E-state index contributed by atoms with van der Waals surface area (Å²) in [7, 11) is 1.44. The van der Waals surface area contributed by atoms with Crippen LogP contribution in [0.2, 0.25) is 0 Å². The molecule has 1 heterocycles. The maximum atomic E-state index is 10.8. The fraction of sp³-hybridized carbons (Fsp3) is 0.600. The standard InChI is InChI=1S/C5H9N5O2/c1-4(7-12-2)3-10-5(11)6-8-9-10/h3H2,1-2H3,(H,6,9,11). The zero-order valence-corrected chi connectivity index (χ0v) is 6.81. The van der Waals surface area contributed by atoms with Gasteiger partial charge in [-0.3, -0.25) is 0 Å². The Balaban J connectivity index is 2.70. The van der Waals surface area contributed by atoms with Gasteiger partial charge in [0.2, 0.25) is 0 Å². The highest BCUT2D eigenvalue weighted by molar-refractivity contribution is 5.80. The molecule has 0 unspecified atom stereocenters. The molecule has 66 valence electrons. The summed E-state index contributed by atoms with van der Waals surface area (Å²) in [5, 5.41) is 12.6. The number of nitrogens with one attached hydrogen (secondary N) is 1. The van der Waals surface area contributed by atoms with E-state index in [-0.39, 0.29) is 12.2 Å². The Labute approximate surface area is 68.0 Å². The Kier molecular flexibility index (Phi) is 2.57. The summed E-state index contributed by atoms with van der Waals surface area (Å²) in [6.45, 7) is 2.01. The van der Waals surface area contributed by atoms with Crippen molar-refractivity contribution in [2.45, 2.75) is 13.5 Å². The van der Waals surface area contributed by atoms with Gasteiger partial charge in [-0.1, -0.05) is 5.16 Å². The van der Waals surface area contributed by atoms with E-state index >= 15 is 0 Å². The summed E-state index contributed by atoms with van der Waals surface area (Å²) in [6.07, 6.45) is 0. The number of hydrogen-bond donors (Lipinski definition) is 1. The van der Waals surface area contributed by atoms with Crippen molar-refractivity contribution in [2.75, 3.05) is 7.11 Å². The third-order valence-corrected chi connectivity index (χ3v) is 1.16. The zero-order valence-electron chi connectivity index (χ0n) is 6.81. The minimum absolute atomic E-state index is 0.281. The van der Waals surface area contributed by atoms with Crippen LogP contribution in [0.4, 0.5) is 0 Å². The number of nitrogens with zero attached hydrogens (tertiary/aromatic N) is 4. The molecular formula is C5H9N5O2. The Hall–Kier alpha value is -1.66. The highest BCUT2D eigenvalue weighted by Gasteiger charge is 2.00. The van der Waals surface area contributed by atoms with Crippen LogP contribution in [0.5, 0.6) is 0 Å². The number of oxime groups is 1. The minimum Gasteiger partial charge on any atom is -0.399 e. The summed E-state index contributed by atoms with van der Waals surface area (Å²) in [4.78, 5) is 15.4. The van der Waals surface area contributed by atoms with Gasteiger partial charge in [-0.2, -0.15) is 4.68 Å². The summed E-state index contributed by atoms with van der Waals surface area (Å²) >= 11 is 0. The molecule has 0 amide bonds. The van der Waals surface area contributed by atoms with Crippen molar-refractivity contribution in [2.24, 2.45) is 5.16 Å². The van der Waals surface area contributed by atoms with Crippen LogP contribution >= 0.6 is 0 Å². The molecule has 0 spiro atoms. The SMILES string of the molecule is CON=C(C)Cn1nn[nH]c1=O. The third-order valence-electron chi connectivity index (χ3n) is 1.16. The van der Waals surface area contributed by atoms with Gasteiger partial charge < -0.3 is 4.84 Å². The van der Waals surface area contributed by atoms with E-state index in [0.29, 0.717) is 5.71 Å². The normalized spacial score (nSPS) is 11.7. The molecule has 0 saturated carbocycles. The van der Waals surface area contributed by atoms with Crippen LogP contribution in [0.3, 0.4) is 0 Å². The van der Waals surface area contributed by atoms with Gasteiger partial charge in [0.1, 0.15) is 7.11 Å². The van der Waals surface area contributed by atoms with Crippen LogP contribution in [-0.4, -0.2) is 33.0 Å². The molecule has 0 fully saturated rings. The summed E-state index contributed by atoms with van der Waals surface area (Å²) < 4.78 is 1.15. The van der Waals surface area contributed by atoms with E-state index in [1.165, 1.54) is 7.11 Å². The molecule has 0 aliphatic carbocycles. The Morgan fingerprint density at radius 2 is 2.58 bits per heavy atom. The highest BCUT2D eigenvalue weighted by atomic mass is 16.6. The predicted molar refractivity (Wildman–Crippen MR) is 40.8 cm³/mol. The molecule has 0 radical (unpaired) electrons. The average molecular weight is 171 g/mol. The van der Waals surface area contributed by atoms with Crippen LogP contribution in [0.1, 0.15) is 6.92 Å². The molecule has 0 atom stereocenters. The number of aromatic amines is 1. The van der Waals surface area contributed by atoms with Crippen molar-refractivity contribution >= 4 is 5.71 Å². The third kappa shape index (κ3) is 1.91. The van der Waals surface area contributed by atoms with E-state index in [0.717, 1.165) is 4.68 Å². The zero-order chi connectivity index (χ0) is 8.97. The lowest BCUT2D eigenvalue weighted by Gasteiger charge is -1.95. The number of tetrazole rings is 1. The van der Waals surface area contributed by atoms with Crippen LogP contribution in [0, 0.1) is 0 Å². The van der Waals surface area contributed by atoms with Crippen LogP contribution < -0.4 is 5.69 Å². The fourth-order valence-electron chi connectivity index (χ4n) is 0.722. The van der Waals surface area contributed by atoms with Crippen LogP contribution in [0.15, 0.2) is 9.95 Å². The Morgan fingerprint density at radius 1 is 1.83 bits per heavy atom. The lowest BCUT2D eigenvalue weighted by atomic mass is 10.4. The van der Waals surface area contributed by atoms with E-state index < -0.39 is 0 Å². The molecule has 7 heteroatoms. The molecule has 0 saturated heterocycles. The molecule has 0 aliphatic rings. The average Bonchev–Trinajstić information content (AvgIpc) is 2.37. The smallest absolute Gasteiger partial charge is 0.361 e. The summed E-state index contributed by atoms with van der Waals surface area (Å²) in [6, 6.07) is 0. The van der Waals surface area contributed by atoms with Crippen molar-refractivity contribution in [3.05, 3.63) is 10.5 Å². The molecule has 1 rings (SSSR count). The fourth-order valence-corrected chi connectivity index (χ4v) is 0.722. The first-order valence-electron chi connectivity index (χ1n) is 3.29. The van der Waals surface area contributed by atoms with Crippen molar-refractivity contribution in [1.82, 2.24) is 20.2 Å². The van der Waals surface area contributed by atoms with Crippen LogP contribution in [0.25, 0.3) is 0 Å². The van der Waals surface area contributed by atoms with Gasteiger partial charge in [0.05, 0.1) is 12.3 Å². The monoisotopic (exact) mass is 171 g/mol. The van der Waals surface area contributed by atoms with Gasteiger partial charge >= 0.3 is 5.69 Å². The van der Waals surface area contributed by atoms with E-state index in [9.17, 15) is 4.79 Å². The molecule has 1 N–H and O–H groups in total. The quantitative estimate of drug-likeness (QED) is 0.466. The molecule has 0 bridgehead atoms. The maximum absolute atomic E-state index is 10.8. The van der Waals surface area contributed by atoms with Gasteiger partial charge in [0, 0.05) is 0 Å². The minimum atomic E-state index is -0.361. The van der Waals surface area contributed by atoms with Crippen molar-refractivity contribution in [1.29, 1.82) is 0 Å². The van der Waals surface area contributed by atoms with Crippen LogP contribution in [-0.2, 0) is 11.4 Å². The second kappa shape index (κ2) is 3.65. The largest absolute Gasteiger partial charge is 0.399 e. The number of aromatic nitrogens is 4. The second-order valence-electron chi connectivity index (χ2n) is 2.17. The number of hydrogen-bond acceptors (Lipinski definition) is 5. The Bertz CT molecular complexity index is 325. The Morgan fingerprint density at radius 3 is 3.08 bits per heavy atom. The molecule has 1 aromatic rings. The second-order valence-corrected chi connectivity index (χ2v) is 2.17. The summed E-state index contributed by atoms with van der Waals surface area (Å²) in [5.41, 5.74) is 0.286. The topological polar surface area (TPSA) is 85.2 Å². The molecule has 7 nitrogen and oxygen atoms in total. The molecule has 0 aliphatic heterocycles. The van der Waals surface area contributed by atoms with Gasteiger partial charge in [-0.05, 0) is 17.4 Å². The van der Waals surface area contributed by atoms with E-state index in [1.54, 1.807) is 6.92 Å². The van der Waals surface area contributed by atoms with E-state index in [2.05, 4.69) is 25.5 Å². The number of rotatable bonds is 3. The first kappa shape index (κ1) is 8.44. The molecule has 0 aromatic carbocycles. The summed E-state index contributed by atoms with van der Waals surface area (Å²) in [5.74, 6) is 0. The maximum Gasteiger partial charge on any atom is 0.361 e. The van der Waals surface area contributed by atoms with Gasteiger partial charge in [-0.25, -0.2) is 9.89 Å². The van der Waals surface area contributed by atoms with Gasteiger partial charge in [0.15, 0.2) is 0 Å². The lowest BCUT2D eigenvalue weighted by molar-refractivity contribution is 0.212. The van der Waals surface area contributed by atoms with Gasteiger partial charge in [0.25, 0.3) is 0 Å². The van der Waals surface area contributed by atoms with E-state index in [1.807, 2.05) is 0 Å². The van der Waals surface area contributed by atoms with Crippen molar-refractivity contribution in [3.63, 3.8) is 0 Å².